The van der Waals surface area contributed by atoms with Gasteiger partial charge in [-0.3, -0.25) is 19.3 Å². The van der Waals surface area contributed by atoms with Gasteiger partial charge in [-0.05, 0) is 98.2 Å². The van der Waals surface area contributed by atoms with Crippen molar-refractivity contribution < 1.29 is 28.6 Å². The van der Waals surface area contributed by atoms with Crippen LogP contribution in [-0.2, 0) is 9.59 Å². The molecule has 2 heterocycles. The average Bonchev–Trinajstić information content (AvgIpc) is 3.40. The zero-order valence-electron chi connectivity index (χ0n) is 25.8. The predicted molar refractivity (Wildman–Crippen MR) is 174 cm³/mol. The Morgan fingerprint density at radius 3 is 1.98 bits per heavy atom. The van der Waals surface area contributed by atoms with Gasteiger partial charge in [0, 0.05) is 32.6 Å². The maximum atomic E-state index is 14.1. The lowest BCUT2D eigenvalue weighted by Crippen LogP contribution is -2.33. The Kier molecular flexibility index (Phi) is 10.1. The standard InChI is InChI=1S/C36H39NO6S/c1-23(2)35(39)42-28-14-10-26(11-15-28)34-32(30-17-16-29(22-31(30)44-34)43-36(40)24(3)4)33(38)25-8-12-27(13-9-25)41-21-20-37-18-6-5-7-19-37/h8-17,22-24H,5-7,18-21H2,1-4H3. The van der Waals surface area contributed by atoms with Crippen molar-refractivity contribution in [2.75, 3.05) is 26.2 Å². The monoisotopic (exact) mass is 613 g/mol. The van der Waals surface area contributed by atoms with Gasteiger partial charge in [0.2, 0.25) is 0 Å². The number of rotatable bonds is 11. The van der Waals surface area contributed by atoms with Gasteiger partial charge < -0.3 is 14.2 Å². The van der Waals surface area contributed by atoms with Crippen molar-refractivity contribution in [2.24, 2.45) is 11.8 Å². The number of likely N-dealkylation sites (tertiary alicyclic amines) is 1. The van der Waals surface area contributed by atoms with Gasteiger partial charge in [0.1, 0.15) is 23.9 Å². The second kappa shape index (κ2) is 14.2. The van der Waals surface area contributed by atoms with Gasteiger partial charge in [0.05, 0.1) is 11.8 Å². The highest BCUT2D eigenvalue weighted by molar-refractivity contribution is 7.22. The Labute approximate surface area is 262 Å². The lowest BCUT2D eigenvalue weighted by atomic mass is 9.97. The molecule has 1 saturated heterocycles. The Morgan fingerprint density at radius 1 is 0.750 bits per heavy atom. The molecular formula is C36H39NO6S. The van der Waals surface area contributed by atoms with Crippen LogP contribution in [0.3, 0.4) is 0 Å². The zero-order chi connectivity index (χ0) is 31.2. The third kappa shape index (κ3) is 7.55. The number of carbonyl (C=O) groups is 3. The highest BCUT2D eigenvalue weighted by Gasteiger charge is 2.23. The summed E-state index contributed by atoms with van der Waals surface area (Å²) in [5.74, 6) is 0.365. The van der Waals surface area contributed by atoms with Crippen molar-refractivity contribution in [3.8, 4) is 27.7 Å². The average molecular weight is 614 g/mol. The number of piperidine rings is 1. The molecular weight excluding hydrogens is 574 g/mol. The summed E-state index contributed by atoms with van der Waals surface area (Å²) in [6, 6.07) is 19.8. The van der Waals surface area contributed by atoms with Crippen LogP contribution in [0.25, 0.3) is 20.5 Å². The van der Waals surface area contributed by atoms with Crippen LogP contribution in [0.5, 0.6) is 17.2 Å². The van der Waals surface area contributed by atoms with Gasteiger partial charge in [-0.2, -0.15) is 0 Å². The van der Waals surface area contributed by atoms with Crippen LogP contribution in [0.15, 0.2) is 66.7 Å². The Bertz CT molecular complexity index is 1620. The van der Waals surface area contributed by atoms with E-state index in [-0.39, 0.29) is 29.6 Å². The maximum Gasteiger partial charge on any atom is 0.313 e. The topological polar surface area (TPSA) is 82.1 Å². The van der Waals surface area contributed by atoms with E-state index in [4.69, 9.17) is 14.2 Å². The molecule has 230 valence electrons. The molecule has 8 heteroatoms. The van der Waals surface area contributed by atoms with E-state index in [0.717, 1.165) is 45.9 Å². The predicted octanol–water partition coefficient (Wildman–Crippen LogP) is 7.79. The molecule has 4 aromatic rings. The lowest BCUT2D eigenvalue weighted by Gasteiger charge is -2.26. The van der Waals surface area contributed by atoms with Crippen LogP contribution in [-0.4, -0.2) is 48.9 Å². The quantitative estimate of drug-likeness (QED) is 0.0970. The molecule has 7 nitrogen and oxygen atoms in total. The van der Waals surface area contributed by atoms with Crippen LogP contribution in [0.4, 0.5) is 0 Å². The second-order valence-electron chi connectivity index (χ2n) is 11.7. The third-order valence-electron chi connectivity index (χ3n) is 7.63. The summed E-state index contributed by atoms with van der Waals surface area (Å²) in [6.07, 6.45) is 3.80. The van der Waals surface area contributed by atoms with E-state index in [1.807, 2.05) is 30.3 Å². The Morgan fingerprint density at radius 2 is 1.34 bits per heavy atom. The molecule has 0 bridgehead atoms. The van der Waals surface area contributed by atoms with E-state index in [1.165, 1.54) is 30.6 Å². The van der Waals surface area contributed by atoms with Gasteiger partial charge >= 0.3 is 11.9 Å². The molecule has 0 spiro atoms. The van der Waals surface area contributed by atoms with Crippen molar-refractivity contribution >= 4 is 39.1 Å². The van der Waals surface area contributed by atoms with Gasteiger partial charge in [-0.1, -0.05) is 34.1 Å². The molecule has 0 amide bonds. The molecule has 0 aliphatic carbocycles. The Balaban J connectivity index is 1.42. The fourth-order valence-corrected chi connectivity index (χ4v) is 6.27. The van der Waals surface area contributed by atoms with Crippen molar-refractivity contribution in [3.63, 3.8) is 0 Å². The first-order chi connectivity index (χ1) is 21.2. The summed E-state index contributed by atoms with van der Waals surface area (Å²) in [5, 5.41) is 0.775. The number of thiophene rings is 1. The molecule has 0 saturated carbocycles. The van der Waals surface area contributed by atoms with Gasteiger partial charge in [0.25, 0.3) is 0 Å². The number of hydrogen-bond acceptors (Lipinski definition) is 8. The van der Waals surface area contributed by atoms with Crippen molar-refractivity contribution in [2.45, 2.75) is 47.0 Å². The number of carbonyl (C=O) groups excluding carboxylic acids is 3. The zero-order valence-corrected chi connectivity index (χ0v) is 26.6. The number of ketones is 1. The smallest absolute Gasteiger partial charge is 0.313 e. The molecule has 3 aromatic carbocycles. The van der Waals surface area contributed by atoms with Gasteiger partial charge in [0.15, 0.2) is 5.78 Å². The van der Waals surface area contributed by atoms with Crippen LogP contribution >= 0.6 is 11.3 Å². The van der Waals surface area contributed by atoms with E-state index in [2.05, 4.69) is 4.90 Å². The van der Waals surface area contributed by atoms with E-state index < -0.39 is 0 Å². The first-order valence-electron chi connectivity index (χ1n) is 15.3. The van der Waals surface area contributed by atoms with Gasteiger partial charge in [-0.15, -0.1) is 11.3 Å². The molecule has 1 aliphatic rings. The molecule has 0 radical (unpaired) electrons. The number of nitrogens with zero attached hydrogens (tertiary/aromatic N) is 1. The maximum absolute atomic E-state index is 14.1. The van der Waals surface area contributed by atoms with Crippen molar-refractivity contribution in [3.05, 3.63) is 77.9 Å². The van der Waals surface area contributed by atoms with Crippen LogP contribution in [0.2, 0.25) is 0 Å². The second-order valence-corrected chi connectivity index (χ2v) is 12.8. The minimum absolute atomic E-state index is 0.117. The minimum Gasteiger partial charge on any atom is -0.492 e. The Hall–Kier alpha value is -4.01. The number of hydrogen-bond donors (Lipinski definition) is 0. The van der Waals surface area contributed by atoms with Crippen LogP contribution in [0.1, 0.15) is 62.9 Å². The minimum atomic E-state index is -0.317. The van der Waals surface area contributed by atoms with Crippen molar-refractivity contribution in [1.29, 1.82) is 0 Å². The van der Waals surface area contributed by atoms with E-state index in [0.29, 0.717) is 29.2 Å². The molecule has 1 aliphatic heterocycles. The summed E-state index contributed by atoms with van der Waals surface area (Å²) < 4.78 is 17.8. The van der Waals surface area contributed by atoms with Crippen LogP contribution in [0, 0.1) is 11.8 Å². The number of benzene rings is 3. The third-order valence-corrected chi connectivity index (χ3v) is 8.83. The first-order valence-corrected chi connectivity index (χ1v) is 16.1. The van der Waals surface area contributed by atoms with E-state index in [9.17, 15) is 14.4 Å². The fourth-order valence-electron chi connectivity index (χ4n) is 5.03. The summed E-state index contributed by atoms with van der Waals surface area (Å²) in [5.41, 5.74) is 1.93. The molecule has 1 fully saturated rings. The number of ether oxygens (including phenoxy) is 3. The van der Waals surface area contributed by atoms with Crippen molar-refractivity contribution in [1.82, 2.24) is 4.90 Å². The van der Waals surface area contributed by atoms with E-state index in [1.54, 1.807) is 64.1 Å². The fraction of sp³-hybridized carbons (Fsp3) is 0.361. The normalized spacial score (nSPS) is 13.8. The molecule has 1 aromatic heterocycles. The van der Waals surface area contributed by atoms with Gasteiger partial charge in [-0.25, -0.2) is 0 Å². The lowest BCUT2D eigenvalue weighted by molar-refractivity contribution is -0.138. The summed E-state index contributed by atoms with van der Waals surface area (Å²) in [4.78, 5) is 41.6. The van der Waals surface area contributed by atoms with Crippen LogP contribution < -0.4 is 14.2 Å². The molecule has 44 heavy (non-hydrogen) atoms. The number of esters is 2. The highest BCUT2D eigenvalue weighted by Crippen LogP contribution is 2.42. The summed E-state index contributed by atoms with van der Waals surface area (Å²) >= 11 is 1.45. The van der Waals surface area contributed by atoms with E-state index >= 15 is 0 Å². The molecule has 0 N–H and O–H groups in total. The molecule has 0 unspecified atom stereocenters. The highest BCUT2D eigenvalue weighted by atomic mass is 32.1. The molecule has 0 atom stereocenters. The largest absolute Gasteiger partial charge is 0.492 e. The SMILES string of the molecule is CC(C)C(=O)Oc1ccc(-c2sc3cc(OC(=O)C(C)C)ccc3c2C(=O)c2ccc(OCCN3CCCCC3)cc2)cc1. The summed E-state index contributed by atoms with van der Waals surface area (Å²) in [6.45, 7) is 10.9. The number of fused-ring (bicyclic) bond motifs is 1. The summed E-state index contributed by atoms with van der Waals surface area (Å²) in [7, 11) is 0. The molecule has 5 rings (SSSR count). The first kappa shape index (κ1) is 31.4.